The molecule has 1 N–H and O–H groups in total. The number of nitrogens with one attached hydrogen (secondary N) is 1. The highest BCUT2D eigenvalue weighted by Gasteiger charge is 2.23. The molecule has 0 aromatic rings. The van der Waals surface area contributed by atoms with Crippen LogP contribution in [0, 0.1) is 11.8 Å². The fourth-order valence-corrected chi connectivity index (χ4v) is 7.72. The number of amides is 1. The largest absolute Gasteiger partial charge is 0.464 e. The summed E-state index contributed by atoms with van der Waals surface area (Å²) >= 11 is 0. The van der Waals surface area contributed by atoms with Crippen LogP contribution in [-0.2, 0) is 23.9 Å². The lowest BCUT2D eigenvalue weighted by Gasteiger charge is -2.25. The lowest BCUT2D eigenvalue weighted by molar-refractivity contribution is -0.900. The molecule has 2 atom stereocenters. The fourth-order valence-electron chi connectivity index (χ4n) is 7.72. The van der Waals surface area contributed by atoms with Crippen LogP contribution in [0.4, 0.5) is 0 Å². The van der Waals surface area contributed by atoms with E-state index in [-0.39, 0.29) is 42.9 Å². The zero-order chi connectivity index (χ0) is 40.6. The van der Waals surface area contributed by atoms with Crippen LogP contribution in [0.2, 0.25) is 0 Å². The first-order valence-electron chi connectivity index (χ1n) is 24.3. The van der Waals surface area contributed by atoms with E-state index in [1.165, 1.54) is 116 Å². The molecule has 0 rings (SSSR count). The van der Waals surface area contributed by atoms with Crippen LogP contribution in [0.15, 0.2) is 0 Å². The van der Waals surface area contributed by atoms with E-state index in [9.17, 15) is 14.4 Å². The molecule has 0 aromatic carbocycles. The molecule has 0 saturated carbocycles. The van der Waals surface area contributed by atoms with Crippen LogP contribution in [0.5, 0.6) is 0 Å². The van der Waals surface area contributed by atoms with Gasteiger partial charge in [0.15, 0.2) is 0 Å². The zero-order valence-electron chi connectivity index (χ0n) is 37.8. The highest BCUT2D eigenvalue weighted by Crippen LogP contribution is 2.22. The number of esters is 2. The lowest BCUT2D eigenvalue weighted by Crippen LogP contribution is -3.12. The first-order valence-corrected chi connectivity index (χ1v) is 24.3. The van der Waals surface area contributed by atoms with Gasteiger partial charge in [0, 0.05) is 12.8 Å². The van der Waals surface area contributed by atoms with Crippen LogP contribution in [-0.4, -0.2) is 68.7 Å². The van der Waals surface area contributed by atoms with E-state index < -0.39 is 0 Å². The number of hydrogen-bond acceptors (Lipinski definition) is 5. The second-order valence-electron chi connectivity index (χ2n) is 16.7. The Bertz CT molecular complexity index is 809. The Morgan fingerprint density at radius 3 is 1.09 bits per heavy atom. The van der Waals surface area contributed by atoms with Gasteiger partial charge in [-0.1, -0.05) is 183 Å². The van der Waals surface area contributed by atoms with Gasteiger partial charge in [0.2, 0.25) is 5.91 Å². The molecule has 0 bridgehead atoms. The lowest BCUT2D eigenvalue weighted by atomic mass is 9.94. The van der Waals surface area contributed by atoms with Crippen molar-refractivity contribution in [3.63, 3.8) is 0 Å². The maximum absolute atomic E-state index is 13.7. The molecule has 0 saturated heterocycles. The zero-order valence-corrected chi connectivity index (χ0v) is 37.8. The third-order valence-corrected chi connectivity index (χ3v) is 11.5. The normalized spacial score (nSPS) is 12.6. The van der Waals surface area contributed by atoms with Crippen molar-refractivity contribution in [2.75, 3.05) is 45.9 Å². The molecule has 0 aliphatic carbocycles. The van der Waals surface area contributed by atoms with E-state index in [0.29, 0.717) is 19.5 Å². The predicted octanol–water partition coefficient (Wildman–Crippen LogP) is 11.8. The summed E-state index contributed by atoms with van der Waals surface area (Å²) in [4.78, 5) is 43.9. The highest BCUT2D eigenvalue weighted by atomic mass is 16.5. The quantitative estimate of drug-likeness (QED) is 0.0493. The number of hydrogen-bond donors (Lipinski definition) is 1. The number of nitrogens with zero attached hydrogens (tertiary/aromatic N) is 1. The smallest absolute Gasteiger partial charge is 0.308 e. The molecule has 0 aliphatic rings. The minimum absolute atomic E-state index is 0.0609. The third-order valence-electron chi connectivity index (χ3n) is 11.5. The molecule has 0 heterocycles. The maximum Gasteiger partial charge on any atom is 0.308 e. The van der Waals surface area contributed by atoms with Gasteiger partial charge in [-0.05, 0) is 38.5 Å². The maximum atomic E-state index is 13.7. The average Bonchev–Trinajstić information content (AvgIpc) is 3.18. The summed E-state index contributed by atoms with van der Waals surface area (Å²) in [6, 6.07) is 0. The summed E-state index contributed by atoms with van der Waals surface area (Å²) in [6.07, 6.45) is 33.5. The van der Waals surface area contributed by atoms with Gasteiger partial charge in [-0.15, -0.1) is 0 Å². The number of carbonyl (C=O) groups excluding carboxylic acids is 3. The van der Waals surface area contributed by atoms with Gasteiger partial charge >= 0.3 is 11.9 Å². The summed E-state index contributed by atoms with van der Waals surface area (Å²) < 4.78 is 11.9. The van der Waals surface area contributed by atoms with E-state index in [2.05, 4.69) is 41.5 Å². The Morgan fingerprint density at radius 1 is 0.418 bits per heavy atom. The van der Waals surface area contributed by atoms with E-state index in [0.717, 1.165) is 90.3 Å². The Morgan fingerprint density at radius 2 is 0.727 bits per heavy atom. The molecule has 2 unspecified atom stereocenters. The summed E-state index contributed by atoms with van der Waals surface area (Å²) in [5.41, 5.74) is 0. The van der Waals surface area contributed by atoms with Crippen molar-refractivity contribution in [2.45, 2.75) is 234 Å². The van der Waals surface area contributed by atoms with Gasteiger partial charge < -0.3 is 19.3 Å². The van der Waals surface area contributed by atoms with Gasteiger partial charge in [-0.3, -0.25) is 14.4 Å². The van der Waals surface area contributed by atoms with Crippen LogP contribution >= 0.6 is 0 Å². The monoisotopic (exact) mass is 780 g/mol. The summed E-state index contributed by atoms with van der Waals surface area (Å²) in [5, 5.41) is 0. The van der Waals surface area contributed by atoms with Gasteiger partial charge in [0.1, 0.15) is 13.2 Å². The fraction of sp³-hybridized carbons (Fsp3) is 0.938. The van der Waals surface area contributed by atoms with Gasteiger partial charge in [0.05, 0.1) is 44.6 Å². The second-order valence-corrected chi connectivity index (χ2v) is 16.7. The molecule has 0 fully saturated rings. The Balaban J connectivity index is 5.47. The van der Waals surface area contributed by atoms with Crippen LogP contribution < -0.4 is 4.90 Å². The first kappa shape index (κ1) is 53.4. The van der Waals surface area contributed by atoms with Gasteiger partial charge in [-0.2, -0.15) is 0 Å². The molecule has 1 amide bonds. The van der Waals surface area contributed by atoms with Crippen LogP contribution in [0.1, 0.15) is 234 Å². The first-order chi connectivity index (χ1) is 26.9. The van der Waals surface area contributed by atoms with E-state index in [1.54, 1.807) is 9.80 Å². The Labute approximate surface area is 342 Å². The summed E-state index contributed by atoms with van der Waals surface area (Å²) in [5.74, 6) is -0.251. The Hall–Kier alpha value is -1.63. The predicted molar refractivity (Wildman–Crippen MR) is 234 cm³/mol. The average molecular weight is 780 g/mol. The number of unbranched alkanes of at least 4 members (excludes halogenated alkanes) is 18. The number of carbonyl (C=O) groups is 3. The molecular weight excluding hydrogens is 685 g/mol. The van der Waals surface area contributed by atoms with Crippen molar-refractivity contribution in [1.82, 2.24) is 4.90 Å². The van der Waals surface area contributed by atoms with Crippen molar-refractivity contribution in [2.24, 2.45) is 11.8 Å². The second kappa shape index (κ2) is 40.6. The van der Waals surface area contributed by atoms with E-state index >= 15 is 0 Å². The van der Waals surface area contributed by atoms with Crippen molar-refractivity contribution in [3.05, 3.63) is 0 Å². The standard InChI is InChI=1S/C48H94N2O5/c1-7-13-19-23-25-29-34-44(32-27-21-15-9-3)47(52)54-42-40-50(46(51)36-31-39-49(37-17-11-5)38-18-12-6)41-43-55-48(53)45(33-28-22-16-10-4)35-30-26-24-20-14-8-2/h44-45H,7-43H2,1-6H3/p+1. The highest BCUT2D eigenvalue weighted by molar-refractivity contribution is 5.76. The minimum Gasteiger partial charge on any atom is -0.464 e. The molecule has 55 heavy (non-hydrogen) atoms. The topological polar surface area (TPSA) is 77.3 Å². The number of rotatable bonds is 42. The van der Waals surface area contributed by atoms with E-state index in [1.807, 2.05) is 0 Å². The summed E-state index contributed by atoms with van der Waals surface area (Å²) in [7, 11) is 0. The number of ether oxygens (including phenoxy) is 2. The summed E-state index contributed by atoms with van der Waals surface area (Å²) in [6.45, 7) is 17.8. The molecule has 7 heteroatoms. The molecule has 0 spiro atoms. The van der Waals surface area contributed by atoms with Gasteiger partial charge in [-0.25, -0.2) is 0 Å². The molecule has 326 valence electrons. The van der Waals surface area contributed by atoms with Crippen molar-refractivity contribution in [3.8, 4) is 0 Å². The van der Waals surface area contributed by atoms with Crippen LogP contribution in [0.25, 0.3) is 0 Å². The van der Waals surface area contributed by atoms with Crippen molar-refractivity contribution in [1.29, 1.82) is 0 Å². The van der Waals surface area contributed by atoms with Crippen molar-refractivity contribution >= 4 is 17.8 Å². The molecule has 7 nitrogen and oxygen atoms in total. The molecule has 0 radical (unpaired) electrons. The molecule has 0 aliphatic heterocycles. The molecule has 0 aromatic heterocycles. The van der Waals surface area contributed by atoms with Gasteiger partial charge in [0.25, 0.3) is 0 Å². The van der Waals surface area contributed by atoms with Crippen molar-refractivity contribution < 1.29 is 28.8 Å². The van der Waals surface area contributed by atoms with E-state index in [4.69, 9.17) is 9.47 Å². The molecular formula is C48H95N2O5+. The minimum atomic E-state index is -0.101. The Kier molecular flexibility index (Phi) is 39.4. The number of quaternary nitrogens is 1. The third kappa shape index (κ3) is 32.1. The SMILES string of the molecule is CCCCCCCCC(CCCCCC)C(=O)OCCN(CCOC(=O)C(CCCCCC)CCCCCCCC)C(=O)CCC[NH+](CCCC)CCCC. The van der Waals surface area contributed by atoms with Crippen LogP contribution in [0.3, 0.4) is 0 Å².